The lowest BCUT2D eigenvalue weighted by Gasteiger charge is -2.36. The molecule has 3 aliphatic rings. The molecule has 5 rings (SSSR count). The molecule has 2 saturated carbocycles. The van der Waals surface area contributed by atoms with Crippen LogP contribution in [-0.4, -0.2) is 53.2 Å². The Kier molecular flexibility index (Phi) is 6.26. The fraction of sp³-hybridized carbons (Fsp3) is 0.464. The van der Waals surface area contributed by atoms with Crippen LogP contribution in [0.3, 0.4) is 0 Å². The average Bonchev–Trinajstić information content (AvgIpc) is 3.60. The summed E-state index contributed by atoms with van der Waals surface area (Å²) in [6, 6.07) is 16.3. The number of carboxylic acids is 1. The van der Waals surface area contributed by atoms with Gasteiger partial charge in [-0.05, 0) is 54.4 Å². The first-order chi connectivity index (χ1) is 16.9. The number of benzene rings is 2. The fourth-order valence-electron chi connectivity index (χ4n) is 6.28. The number of nitrogens with zero attached hydrogens (tertiary/aromatic N) is 1. The van der Waals surface area contributed by atoms with Crippen molar-refractivity contribution in [2.45, 2.75) is 62.4 Å². The second-order valence-corrected chi connectivity index (χ2v) is 10.1. The van der Waals surface area contributed by atoms with Gasteiger partial charge >= 0.3 is 12.1 Å². The number of aliphatic carboxylic acids is 1. The van der Waals surface area contributed by atoms with Crippen LogP contribution < -0.4 is 5.32 Å². The Bertz CT molecular complexity index is 1090. The van der Waals surface area contributed by atoms with Gasteiger partial charge in [0.15, 0.2) is 0 Å². The predicted octanol–water partition coefficient (Wildman–Crippen LogP) is 4.55. The zero-order valence-electron chi connectivity index (χ0n) is 20.0. The standard InChI is InChI=1S/C28H32N2O5/c1-30(28(26(32)33)14-6-7-15-28)25(31)18-12-13-19(16-18)29-27(34)35-17-24-22-10-4-2-8-20(22)21-9-3-5-11-23(21)24/h2-5,8-11,18-19,24H,6-7,12-17H2,1H3,(H,29,34)(H,32,33)/t18-,19+/m0/s1. The van der Waals surface area contributed by atoms with Gasteiger partial charge in [0.25, 0.3) is 0 Å². The van der Waals surface area contributed by atoms with E-state index in [1.165, 1.54) is 16.0 Å². The third-order valence-corrected chi connectivity index (χ3v) is 8.25. The summed E-state index contributed by atoms with van der Waals surface area (Å²) in [5.41, 5.74) is 3.60. The number of hydrogen-bond donors (Lipinski definition) is 2. The van der Waals surface area contributed by atoms with Crippen molar-refractivity contribution >= 4 is 18.0 Å². The number of ether oxygens (including phenoxy) is 1. The van der Waals surface area contributed by atoms with Gasteiger partial charge in [0.2, 0.25) is 5.91 Å². The summed E-state index contributed by atoms with van der Waals surface area (Å²) < 4.78 is 5.65. The van der Waals surface area contributed by atoms with Gasteiger partial charge in [-0.1, -0.05) is 61.4 Å². The van der Waals surface area contributed by atoms with E-state index in [9.17, 15) is 19.5 Å². The molecule has 0 unspecified atom stereocenters. The Balaban J connectivity index is 1.16. The van der Waals surface area contributed by atoms with Crippen molar-refractivity contribution in [2.24, 2.45) is 5.92 Å². The molecule has 0 saturated heterocycles. The van der Waals surface area contributed by atoms with Crippen molar-refractivity contribution in [1.82, 2.24) is 10.2 Å². The molecule has 0 heterocycles. The molecular weight excluding hydrogens is 444 g/mol. The van der Waals surface area contributed by atoms with Crippen molar-refractivity contribution in [3.63, 3.8) is 0 Å². The maximum Gasteiger partial charge on any atom is 0.407 e. The Morgan fingerprint density at radius 2 is 1.60 bits per heavy atom. The Labute approximate surface area is 205 Å². The first-order valence-electron chi connectivity index (χ1n) is 12.5. The third kappa shape index (κ3) is 4.17. The second kappa shape index (κ2) is 9.36. The molecule has 184 valence electrons. The number of fused-ring (bicyclic) bond motifs is 3. The van der Waals surface area contributed by atoms with Gasteiger partial charge in [0, 0.05) is 24.9 Å². The highest BCUT2D eigenvalue weighted by atomic mass is 16.5. The molecule has 2 fully saturated rings. The summed E-state index contributed by atoms with van der Waals surface area (Å²) >= 11 is 0. The molecule has 2 amide bonds. The first-order valence-corrected chi connectivity index (χ1v) is 12.5. The lowest BCUT2D eigenvalue weighted by atomic mass is 9.93. The van der Waals surface area contributed by atoms with E-state index in [0.717, 1.165) is 24.0 Å². The molecule has 3 aliphatic carbocycles. The van der Waals surface area contributed by atoms with E-state index in [1.807, 2.05) is 24.3 Å². The van der Waals surface area contributed by atoms with E-state index in [1.54, 1.807) is 7.05 Å². The molecule has 2 aromatic rings. The molecule has 35 heavy (non-hydrogen) atoms. The van der Waals surface area contributed by atoms with Crippen LogP contribution in [0.1, 0.15) is 62.0 Å². The number of carbonyl (C=O) groups excluding carboxylic acids is 2. The molecule has 0 aliphatic heterocycles. The summed E-state index contributed by atoms with van der Waals surface area (Å²) in [6.07, 6.45) is 3.97. The van der Waals surface area contributed by atoms with Crippen LogP contribution in [0.2, 0.25) is 0 Å². The highest BCUT2D eigenvalue weighted by molar-refractivity contribution is 5.88. The Morgan fingerprint density at radius 1 is 1.00 bits per heavy atom. The van der Waals surface area contributed by atoms with Crippen molar-refractivity contribution in [2.75, 3.05) is 13.7 Å². The lowest BCUT2D eigenvalue weighted by molar-refractivity contribution is -0.159. The number of carboxylic acid groups (broad SMARTS) is 1. The predicted molar refractivity (Wildman–Crippen MR) is 131 cm³/mol. The third-order valence-electron chi connectivity index (χ3n) is 8.25. The first kappa shape index (κ1) is 23.4. The zero-order valence-corrected chi connectivity index (χ0v) is 20.0. The van der Waals surface area contributed by atoms with Crippen LogP contribution >= 0.6 is 0 Å². The van der Waals surface area contributed by atoms with Gasteiger partial charge in [0.1, 0.15) is 12.1 Å². The smallest absolute Gasteiger partial charge is 0.407 e. The average molecular weight is 477 g/mol. The quantitative estimate of drug-likeness (QED) is 0.638. The summed E-state index contributed by atoms with van der Waals surface area (Å²) in [5.74, 6) is -1.34. The number of carbonyl (C=O) groups is 3. The molecule has 2 atom stereocenters. The van der Waals surface area contributed by atoms with Gasteiger partial charge in [-0.3, -0.25) is 4.79 Å². The minimum Gasteiger partial charge on any atom is -0.479 e. The zero-order chi connectivity index (χ0) is 24.6. The van der Waals surface area contributed by atoms with Crippen molar-refractivity contribution < 1.29 is 24.2 Å². The van der Waals surface area contributed by atoms with E-state index in [0.29, 0.717) is 32.1 Å². The van der Waals surface area contributed by atoms with E-state index in [2.05, 4.69) is 29.6 Å². The van der Waals surface area contributed by atoms with Crippen molar-refractivity contribution in [3.05, 3.63) is 59.7 Å². The molecule has 2 aromatic carbocycles. The minimum absolute atomic E-state index is 0.00155. The molecule has 2 N–H and O–H groups in total. The number of likely N-dealkylation sites (N-methyl/N-ethyl adjacent to an activating group) is 1. The van der Waals surface area contributed by atoms with E-state index in [4.69, 9.17) is 4.74 Å². The van der Waals surface area contributed by atoms with Gasteiger partial charge in [-0.2, -0.15) is 0 Å². The molecular formula is C28H32N2O5. The number of amides is 2. The monoisotopic (exact) mass is 476 g/mol. The summed E-state index contributed by atoms with van der Waals surface area (Å²) in [4.78, 5) is 39.2. The van der Waals surface area contributed by atoms with Crippen molar-refractivity contribution in [1.29, 1.82) is 0 Å². The molecule has 0 bridgehead atoms. The molecule has 0 aromatic heterocycles. The highest BCUT2D eigenvalue weighted by Gasteiger charge is 2.48. The van der Waals surface area contributed by atoms with Crippen LogP contribution in [0, 0.1) is 5.92 Å². The van der Waals surface area contributed by atoms with Crippen LogP contribution in [0.15, 0.2) is 48.5 Å². The van der Waals surface area contributed by atoms with Crippen molar-refractivity contribution in [3.8, 4) is 11.1 Å². The van der Waals surface area contributed by atoms with Gasteiger partial charge in [-0.15, -0.1) is 0 Å². The lowest BCUT2D eigenvalue weighted by Crippen LogP contribution is -2.54. The Morgan fingerprint density at radius 3 is 2.20 bits per heavy atom. The number of hydrogen-bond acceptors (Lipinski definition) is 4. The number of nitrogens with one attached hydrogen (secondary N) is 1. The number of alkyl carbamates (subject to hydrolysis) is 1. The maximum absolute atomic E-state index is 13.1. The van der Waals surface area contributed by atoms with Gasteiger partial charge in [0.05, 0.1) is 0 Å². The maximum atomic E-state index is 13.1. The topological polar surface area (TPSA) is 95.9 Å². The fourth-order valence-corrected chi connectivity index (χ4v) is 6.28. The van der Waals surface area contributed by atoms with Gasteiger partial charge < -0.3 is 20.1 Å². The van der Waals surface area contributed by atoms with Crippen LogP contribution in [0.25, 0.3) is 11.1 Å². The van der Waals surface area contributed by atoms with E-state index >= 15 is 0 Å². The highest BCUT2D eigenvalue weighted by Crippen LogP contribution is 2.44. The summed E-state index contributed by atoms with van der Waals surface area (Å²) in [6.45, 7) is 0.249. The van der Waals surface area contributed by atoms with Crippen LogP contribution in [0.4, 0.5) is 4.79 Å². The van der Waals surface area contributed by atoms with E-state index < -0.39 is 17.6 Å². The largest absolute Gasteiger partial charge is 0.479 e. The SMILES string of the molecule is CN(C(=O)[C@H]1CC[C@@H](NC(=O)OCC2c3ccccc3-c3ccccc32)C1)C1(C(=O)O)CCCC1. The minimum atomic E-state index is -1.09. The number of rotatable bonds is 6. The Hall–Kier alpha value is -3.35. The second-order valence-electron chi connectivity index (χ2n) is 10.1. The van der Waals surface area contributed by atoms with Crippen LogP contribution in [0.5, 0.6) is 0 Å². The molecule has 0 spiro atoms. The molecule has 7 nitrogen and oxygen atoms in total. The molecule has 0 radical (unpaired) electrons. The van der Waals surface area contributed by atoms with Crippen LogP contribution in [-0.2, 0) is 14.3 Å². The van der Waals surface area contributed by atoms with E-state index in [-0.39, 0.29) is 30.4 Å². The molecule has 7 heteroatoms. The summed E-state index contributed by atoms with van der Waals surface area (Å²) in [7, 11) is 1.62. The normalized spacial score (nSPS) is 22.3. The summed E-state index contributed by atoms with van der Waals surface area (Å²) in [5, 5.41) is 12.7. The van der Waals surface area contributed by atoms with Gasteiger partial charge in [-0.25, -0.2) is 9.59 Å².